The maximum absolute atomic E-state index is 14.0. The van der Waals surface area contributed by atoms with Crippen molar-refractivity contribution in [3.63, 3.8) is 0 Å². The number of hydrogen-bond acceptors (Lipinski definition) is 4. The molecule has 4 aromatic carbocycles. The average Bonchev–Trinajstić information content (AvgIpc) is 3.02. The first-order valence-electron chi connectivity index (χ1n) is 14.6. The highest BCUT2D eigenvalue weighted by molar-refractivity contribution is 6.06. The molecule has 43 heavy (non-hydrogen) atoms. The number of nitrogens with one attached hydrogen (secondary N) is 1. The topological polar surface area (TPSA) is 95.9 Å². The number of rotatable bonds is 13. The highest BCUT2D eigenvalue weighted by Crippen LogP contribution is 2.29. The molecule has 0 saturated carbocycles. The van der Waals surface area contributed by atoms with E-state index in [9.17, 15) is 19.5 Å². The van der Waals surface area contributed by atoms with E-state index in [0.29, 0.717) is 41.8 Å². The summed E-state index contributed by atoms with van der Waals surface area (Å²) in [5.74, 6) is -0.734. The monoisotopic (exact) mass is 578 g/mol. The van der Waals surface area contributed by atoms with Crippen molar-refractivity contribution < 1.29 is 24.2 Å². The molecule has 0 aliphatic heterocycles. The van der Waals surface area contributed by atoms with Crippen molar-refractivity contribution in [3.8, 4) is 16.9 Å². The normalized spacial score (nSPS) is 11.4. The quantitative estimate of drug-likeness (QED) is 0.184. The number of carboxylic acid groups (broad SMARTS) is 1. The molecule has 0 spiro atoms. The average molecular weight is 579 g/mol. The Labute approximate surface area is 253 Å². The van der Waals surface area contributed by atoms with E-state index in [2.05, 4.69) is 5.32 Å². The molecule has 0 radical (unpaired) electrons. The predicted octanol–water partition coefficient (Wildman–Crippen LogP) is 6.71. The van der Waals surface area contributed by atoms with Crippen LogP contribution in [-0.2, 0) is 11.2 Å². The van der Waals surface area contributed by atoms with Gasteiger partial charge in [0.15, 0.2) is 0 Å². The molecule has 0 aliphatic carbocycles. The zero-order valence-corrected chi connectivity index (χ0v) is 24.9. The molecule has 4 aromatic rings. The number of carboxylic acids is 1. The van der Waals surface area contributed by atoms with Gasteiger partial charge >= 0.3 is 5.97 Å². The number of amides is 2. The fraction of sp³-hybridized carbons (Fsp3) is 0.250. The largest absolute Gasteiger partial charge is 0.494 e. The number of hydrogen-bond donors (Lipinski definition) is 2. The summed E-state index contributed by atoms with van der Waals surface area (Å²) in [6, 6.07) is 29.9. The Hall–Kier alpha value is -4.91. The van der Waals surface area contributed by atoms with E-state index in [1.807, 2.05) is 93.6 Å². The Morgan fingerprint density at radius 1 is 0.814 bits per heavy atom. The summed E-state index contributed by atoms with van der Waals surface area (Å²) in [5, 5.41) is 12.5. The zero-order chi connectivity index (χ0) is 30.8. The summed E-state index contributed by atoms with van der Waals surface area (Å²) < 4.78 is 5.52. The van der Waals surface area contributed by atoms with Crippen molar-refractivity contribution in [1.82, 2.24) is 10.2 Å². The summed E-state index contributed by atoms with van der Waals surface area (Å²) in [4.78, 5) is 40.6. The van der Waals surface area contributed by atoms with Gasteiger partial charge in [0.25, 0.3) is 11.8 Å². The van der Waals surface area contributed by atoms with Crippen LogP contribution in [0.15, 0.2) is 97.1 Å². The lowest BCUT2D eigenvalue weighted by Gasteiger charge is -2.24. The molecule has 222 valence electrons. The van der Waals surface area contributed by atoms with Crippen LogP contribution in [0.2, 0.25) is 0 Å². The van der Waals surface area contributed by atoms with E-state index in [-0.39, 0.29) is 30.8 Å². The van der Waals surface area contributed by atoms with Gasteiger partial charge in [-0.15, -0.1) is 0 Å². The molecule has 0 unspecified atom stereocenters. The van der Waals surface area contributed by atoms with E-state index in [1.165, 1.54) is 0 Å². The van der Waals surface area contributed by atoms with Crippen LogP contribution in [0.25, 0.3) is 11.1 Å². The lowest BCUT2D eigenvalue weighted by Crippen LogP contribution is -2.35. The number of aliphatic carboxylic acids is 1. The van der Waals surface area contributed by atoms with Crippen LogP contribution in [0.1, 0.15) is 63.7 Å². The molecule has 7 nitrogen and oxygen atoms in total. The van der Waals surface area contributed by atoms with Crippen molar-refractivity contribution >= 4 is 17.8 Å². The zero-order valence-electron chi connectivity index (χ0n) is 24.9. The van der Waals surface area contributed by atoms with Crippen LogP contribution in [0.4, 0.5) is 0 Å². The predicted molar refractivity (Wildman–Crippen MR) is 168 cm³/mol. The van der Waals surface area contributed by atoms with Crippen LogP contribution < -0.4 is 10.1 Å². The maximum atomic E-state index is 14.0. The van der Waals surface area contributed by atoms with Crippen LogP contribution in [0, 0.1) is 6.92 Å². The fourth-order valence-electron chi connectivity index (χ4n) is 4.93. The molecular formula is C36H38N2O5. The van der Waals surface area contributed by atoms with Crippen molar-refractivity contribution in [3.05, 3.63) is 125 Å². The van der Waals surface area contributed by atoms with E-state index >= 15 is 0 Å². The van der Waals surface area contributed by atoms with Gasteiger partial charge in [0, 0.05) is 24.2 Å². The van der Waals surface area contributed by atoms with Gasteiger partial charge in [0.05, 0.1) is 19.1 Å². The molecule has 0 heterocycles. The smallest absolute Gasteiger partial charge is 0.305 e. The second-order valence-electron chi connectivity index (χ2n) is 10.5. The van der Waals surface area contributed by atoms with Gasteiger partial charge in [-0.2, -0.15) is 0 Å². The van der Waals surface area contributed by atoms with E-state index < -0.39 is 5.97 Å². The van der Waals surface area contributed by atoms with Gasteiger partial charge in [0.1, 0.15) is 5.75 Å². The Bertz CT molecular complexity index is 1550. The van der Waals surface area contributed by atoms with Crippen molar-refractivity contribution in [1.29, 1.82) is 0 Å². The van der Waals surface area contributed by atoms with Gasteiger partial charge in [-0.3, -0.25) is 14.4 Å². The van der Waals surface area contributed by atoms with E-state index in [1.54, 1.807) is 29.2 Å². The molecule has 4 rings (SSSR count). The molecular weight excluding hydrogens is 540 g/mol. The Balaban J connectivity index is 1.59. The highest BCUT2D eigenvalue weighted by Gasteiger charge is 2.23. The minimum absolute atomic E-state index is 0.0652. The van der Waals surface area contributed by atoms with Crippen LogP contribution in [0.3, 0.4) is 0 Å². The summed E-state index contributed by atoms with van der Waals surface area (Å²) >= 11 is 0. The van der Waals surface area contributed by atoms with Crippen LogP contribution >= 0.6 is 0 Å². The first-order valence-corrected chi connectivity index (χ1v) is 14.6. The number of carbonyl (C=O) groups is 3. The molecule has 0 aromatic heterocycles. The van der Waals surface area contributed by atoms with Gasteiger partial charge in [0.2, 0.25) is 0 Å². The lowest BCUT2D eigenvalue weighted by atomic mass is 9.94. The third kappa shape index (κ3) is 8.32. The third-order valence-electron chi connectivity index (χ3n) is 7.33. The molecule has 0 bridgehead atoms. The second-order valence-corrected chi connectivity index (χ2v) is 10.5. The molecule has 2 N–H and O–H groups in total. The highest BCUT2D eigenvalue weighted by atomic mass is 16.5. The lowest BCUT2D eigenvalue weighted by molar-refractivity contribution is -0.137. The van der Waals surface area contributed by atoms with Crippen molar-refractivity contribution in [2.45, 2.75) is 39.7 Å². The minimum atomic E-state index is -0.975. The summed E-state index contributed by atoms with van der Waals surface area (Å²) in [6.07, 6.45) is 0.378. The fourth-order valence-corrected chi connectivity index (χ4v) is 4.93. The summed E-state index contributed by atoms with van der Waals surface area (Å²) in [6.45, 7) is 6.86. The molecule has 2 amide bonds. The standard InChI is InChI=1S/C36H38N2O5/c1-4-43-29-19-15-27(16-20-29)21-23-38(24-22-34(39)40)36(42)33-12-8-6-10-31(33)30-9-5-7-11-32(30)35(41)37-26(3)28-17-13-25(2)14-18-28/h5-20,26H,4,21-24H2,1-3H3,(H,37,41)(H,39,40)/t26-/m1/s1. The van der Waals surface area contributed by atoms with E-state index in [0.717, 1.165) is 22.4 Å². The van der Waals surface area contributed by atoms with Gasteiger partial charge in [-0.25, -0.2) is 0 Å². The summed E-state index contributed by atoms with van der Waals surface area (Å²) in [5.41, 5.74) is 5.25. The number of benzene rings is 4. The molecule has 0 fully saturated rings. The number of nitrogens with zero attached hydrogens (tertiary/aromatic N) is 1. The van der Waals surface area contributed by atoms with Gasteiger partial charge in [-0.1, -0.05) is 78.4 Å². The molecule has 0 aliphatic rings. The second kappa shape index (κ2) is 14.8. The van der Waals surface area contributed by atoms with Crippen molar-refractivity contribution in [2.75, 3.05) is 19.7 Å². The Morgan fingerprint density at radius 3 is 2.05 bits per heavy atom. The van der Waals surface area contributed by atoms with E-state index in [4.69, 9.17) is 4.74 Å². The first kappa shape index (κ1) is 31.0. The number of carbonyl (C=O) groups excluding carboxylic acids is 2. The van der Waals surface area contributed by atoms with Gasteiger partial charge < -0.3 is 20.1 Å². The maximum Gasteiger partial charge on any atom is 0.305 e. The molecule has 1 atom stereocenters. The molecule has 0 saturated heterocycles. The summed E-state index contributed by atoms with van der Waals surface area (Å²) in [7, 11) is 0. The SMILES string of the molecule is CCOc1ccc(CCN(CCC(=O)O)C(=O)c2ccccc2-c2ccccc2C(=O)N[C@H](C)c2ccc(C)cc2)cc1. The minimum Gasteiger partial charge on any atom is -0.494 e. The Kier molecular flexibility index (Phi) is 10.7. The third-order valence-corrected chi connectivity index (χ3v) is 7.33. The number of aryl methyl sites for hydroxylation is 1. The van der Waals surface area contributed by atoms with Crippen LogP contribution in [-0.4, -0.2) is 47.5 Å². The number of ether oxygens (including phenoxy) is 1. The van der Waals surface area contributed by atoms with Gasteiger partial charge in [-0.05, 0) is 73.7 Å². The Morgan fingerprint density at radius 2 is 1.42 bits per heavy atom. The first-order chi connectivity index (χ1) is 20.8. The van der Waals surface area contributed by atoms with Crippen LogP contribution in [0.5, 0.6) is 5.75 Å². The van der Waals surface area contributed by atoms with Crippen molar-refractivity contribution in [2.24, 2.45) is 0 Å². The molecule has 7 heteroatoms.